The highest BCUT2D eigenvalue weighted by molar-refractivity contribution is 5.25. The zero-order valence-electron chi connectivity index (χ0n) is 19.2. The van der Waals surface area contributed by atoms with Crippen LogP contribution in [-0.4, -0.2) is 64.8 Å². The second kappa shape index (κ2) is 9.67. The third kappa shape index (κ3) is 4.29. The van der Waals surface area contributed by atoms with E-state index in [1.165, 1.54) is 18.2 Å². The number of benzene rings is 2. The Morgan fingerprint density at radius 1 is 1.11 bits per heavy atom. The van der Waals surface area contributed by atoms with Gasteiger partial charge in [0.2, 0.25) is 5.72 Å². The van der Waals surface area contributed by atoms with Crippen molar-refractivity contribution >= 4 is 0 Å². The minimum Gasteiger partial charge on any atom is -0.394 e. The standard InChI is InChI=1S/C24H26FN3O8/c1-14-6-8-15(9-7-14)11-28(35)23(33)20(30)19(13-29)36-24(23,34)27-12-17(21(31)26-22(27)32)10-16-4-2-3-5-18(16)25/h2-9,12,19-20,29-30,33-35H,10-11,13H2,1H3,(H,26,31,32)/t19-,20-,23-,24+/m1/s1. The number of rotatable bonds is 7. The van der Waals surface area contributed by atoms with Gasteiger partial charge in [0.05, 0.1) is 13.2 Å². The summed E-state index contributed by atoms with van der Waals surface area (Å²) in [6.07, 6.45) is -3.21. The van der Waals surface area contributed by atoms with Crippen LogP contribution in [0.15, 0.2) is 64.3 Å². The lowest BCUT2D eigenvalue weighted by molar-refractivity contribution is -0.413. The van der Waals surface area contributed by atoms with Gasteiger partial charge in [-0.15, -0.1) is 5.06 Å². The van der Waals surface area contributed by atoms with Gasteiger partial charge < -0.3 is 30.4 Å². The van der Waals surface area contributed by atoms with Gasteiger partial charge in [0.15, 0.2) is 0 Å². The van der Waals surface area contributed by atoms with Crippen molar-refractivity contribution in [2.75, 3.05) is 6.61 Å². The quantitative estimate of drug-likeness (QED) is 0.184. The summed E-state index contributed by atoms with van der Waals surface area (Å²) in [4.78, 5) is 27.2. The summed E-state index contributed by atoms with van der Waals surface area (Å²) in [5, 5.41) is 54.4. The highest BCUT2D eigenvalue weighted by Crippen LogP contribution is 2.43. The number of halogens is 1. The lowest BCUT2D eigenvalue weighted by atomic mass is 9.99. The summed E-state index contributed by atoms with van der Waals surface area (Å²) in [7, 11) is 0. The summed E-state index contributed by atoms with van der Waals surface area (Å²) < 4.78 is 19.9. The molecule has 6 N–H and O–H groups in total. The van der Waals surface area contributed by atoms with Gasteiger partial charge in [0, 0.05) is 18.2 Å². The van der Waals surface area contributed by atoms with Crippen molar-refractivity contribution in [2.24, 2.45) is 0 Å². The van der Waals surface area contributed by atoms with Gasteiger partial charge in [-0.05, 0) is 24.1 Å². The number of aliphatic hydroxyl groups excluding tert-OH is 2. The van der Waals surface area contributed by atoms with Crippen molar-refractivity contribution in [3.63, 3.8) is 0 Å². The molecule has 0 saturated carbocycles. The summed E-state index contributed by atoms with van der Waals surface area (Å²) in [5.74, 6) is -3.80. The van der Waals surface area contributed by atoms with E-state index in [1.807, 2.05) is 11.9 Å². The monoisotopic (exact) mass is 503 g/mol. The number of nitrogens with zero attached hydrogens (tertiary/aromatic N) is 2. The summed E-state index contributed by atoms with van der Waals surface area (Å²) >= 11 is 0. The number of aryl methyl sites for hydroxylation is 1. The molecule has 3 aromatic rings. The number of aromatic amines is 1. The fourth-order valence-corrected chi connectivity index (χ4v) is 4.20. The van der Waals surface area contributed by atoms with Gasteiger partial charge in [-0.3, -0.25) is 9.78 Å². The van der Waals surface area contributed by atoms with Gasteiger partial charge in [0.25, 0.3) is 5.56 Å². The van der Waals surface area contributed by atoms with E-state index in [0.717, 1.165) is 11.8 Å². The Balaban J connectivity index is 1.80. The molecule has 0 amide bonds. The van der Waals surface area contributed by atoms with Crippen LogP contribution in [0.5, 0.6) is 0 Å². The third-order valence-corrected chi connectivity index (χ3v) is 6.27. The Kier molecular flexibility index (Phi) is 6.94. The number of ether oxygens (including phenoxy) is 1. The fourth-order valence-electron chi connectivity index (χ4n) is 4.20. The SMILES string of the molecule is Cc1ccc(CN(O)[C@@]2(O)[C@H](O)[C@@H](CO)O[C@]2(O)n2cc(Cc3ccccc3F)c(=O)[nH]c2=O)cc1. The van der Waals surface area contributed by atoms with E-state index in [4.69, 9.17) is 4.74 Å². The summed E-state index contributed by atoms with van der Waals surface area (Å²) in [6.45, 7) is 0.511. The van der Waals surface area contributed by atoms with Crippen LogP contribution in [0.25, 0.3) is 0 Å². The highest BCUT2D eigenvalue weighted by atomic mass is 19.1. The maximum absolute atomic E-state index is 14.2. The molecule has 4 atom stereocenters. The van der Waals surface area contributed by atoms with Gasteiger partial charge >= 0.3 is 11.6 Å². The number of H-pyrrole nitrogens is 1. The largest absolute Gasteiger partial charge is 0.394 e. The second-order valence-corrected chi connectivity index (χ2v) is 8.71. The number of aromatic nitrogens is 2. The molecule has 0 radical (unpaired) electrons. The maximum Gasteiger partial charge on any atom is 0.332 e. The normalized spacial score (nSPS) is 26.0. The van der Waals surface area contributed by atoms with Crippen LogP contribution < -0.4 is 11.2 Å². The average molecular weight is 503 g/mol. The Hall–Kier alpha value is -3.23. The molecule has 2 aromatic carbocycles. The van der Waals surface area contributed by atoms with E-state index in [9.17, 15) is 39.6 Å². The van der Waals surface area contributed by atoms with E-state index >= 15 is 0 Å². The molecule has 1 aliphatic rings. The molecular weight excluding hydrogens is 477 g/mol. The molecule has 11 nitrogen and oxygen atoms in total. The lowest BCUT2D eigenvalue weighted by Gasteiger charge is -2.42. The number of hydrogen-bond donors (Lipinski definition) is 6. The minimum atomic E-state index is -3.19. The number of nitrogens with one attached hydrogen (secondary N) is 1. The van der Waals surface area contributed by atoms with Crippen LogP contribution >= 0.6 is 0 Å². The highest BCUT2D eigenvalue weighted by Gasteiger charge is 2.70. The first-order valence-corrected chi connectivity index (χ1v) is 11.0. The predicted molar refractivity (Wildman–Crippen MR) is 122 cm³/mol. The van der Waals surface area contributed by atoms with Gasteiger partial charge in [-0.2, -0.15) is 0 Å². The first-order chi connectivity index (χ1) is 17.0. The van der Waals surface area contributed by atoms with Crippen molar-refractivity contribution in [3.8, 4) is 0 Å². The third-order valence-electron chi connectivity index (χ3n) is 6.27. The van der Waals surface area contributed by atoms with Crippen LogP contribution in [0, 0.1) is 12.7 Å². The van der Waals surface area contributed by atoms with Crippen molar-refractivity contribution in [3.05, 3.63) is 104 Å². The topological polar surface area (TPSA) is 168 Å². The Morgan fingerprint density at radius 2 is 1.78 bits per heavy atom. The lowest BCUT2D eigenvalue weighted by Crippen LogP contribution is -2.68. The van der Waals surface area contributed by atoms with Crippen LogP contribution in [0.4, 0.5) is 4.39 Å². The summed E-state index contributed by atoms with van der Waals surface area (Å²) in [5.41, 5.74) is -3.93. The molecule has 1 aromatic heterocycles. The molecule has 1 saturated heterocycles. The maximum atomic E-state index is 14.2. The molecule has 36 heavy (non-hydrogen) atoms. The van der Waals surface area contributed by atoms with Crippen molar-refractivity contribution < 1.29 is 34.8 Å². The molecule has 12 heteroatoms. The molecule has 4 rings (SSSR count). The van der Waals surface area contributed by atoms with Crippen LogP contribution in [0.1, 0.15) is 22.3 Å². The Morgan fingerprint density at radius 3 is 2.42 bits per heavy atom. The first-order valence-electron chi connectivity index (χ1n) is 11.0. The fraction of sp³-hybridized carbons (Fsp3) is 0.333. The van der Waals surface area contributed by atoms with Crippen molar-refractivity contribution in [1.29, 1.82) is 0 Å². The zero-order chi connectivity index (χ0) is 26.3. The first kappa shape index (κ1) is 25.9. The second-order valence-electron chi connectivity index (χ2n) is 8.71. The van der Waals surface area contributed by atoms with Crippen LogP contribution in [0.2, 0.25) is 0 Å². The van der Waals surface area contributed by atoms with E-state index in [0.29, 0.717) is 10.1 Å². The van der Waals surface area contributed by atoms with Crippen molar-refractivity contribution in [1.82, 2.24) is 14.6 Å². The van der Waals surface area contributed by atoms with Crippen molar-refractivity contribution in [2.45, 2.75) is 43.7 Å². The molecule has 0 bridgehead atoms. The number of hydroxylamine groups is 2. The number of hydrogen-bond acceptors (Lipinski definition) is 9. The van der Waals surface area contributed by atoms with Crippen LogP contribution in [0.3, 0.4) is 0 Å². The van der Waals surface area contributed by atoms with E-state index in [-0.39, 0.29) is 22.6 Å². The molecule has 1 fully saturated rings. The average Bonchev–Trinajstić information content (AvgIpc) is 3.05. The summed E-state index contributed by atoms with van der Waals surface area (Å²) in [6, 6.07) is 12.3. The molecule has 0 unspecified atom stereocenters. The molecular formula is C24H26FN3O8. The predicted octanol–water partition coefficient (Wildman–Crippen LogP) is -0.490. The Labute approximate surface area is 203 Å². The molecule has 0 aliphatic carbocycles. The molecule has 1 aliphatic heterocycles. The Bertz CT molecular complexity index is 1360. The van der Waals surface area contributed by atoms with E-state index < -0.39 is 54.1 Å². The minimum absolute atomic E-state index is 0.110. The molecule has 2 heterocycles. The smallest absolute Gasteiger partial charge is 0.332 e. The zero-order valence-corrected chi connectivity index (χ0v) is 19.2. The molecule has 0 spiro atoms. The van der Waals surface area contributed by atoms with Gasteiger partial charge in [-0.25, -0.2) is 13.8 Å². The van der Waals surface area contributed by atoms with Gasteiger partial charge in [0.1, 0.15) is 18.0 Å². The number of aliphatic hydroxyl groups is 4. The van der Waals surface area contributed by atoms with Gasteiger partial charge in [-0.1, -0.05) is 48.0 Å². The molecule has 192 valence electrons. The van der Waals surface area contributed by atoms with Crippen LogP contribution in [-0.2, 0) is 23.6 Å². The van der Waals surface area contributed by atoms with E-state index in [1.54, 1.807) is 30.3 Å². The van der Waals surface area contributed by atoms with E-state index in [2.05, 4.69) is 0 Å².